The summed E-state index contributed by atoms with van der Waals surface area (Å²) in [5.41, 5.74) is 1.05. The Labute approximate surface area is 125 Å². The van der Waals surface area contributed by atoms with Crippen LogP contribution < -0.4 is 10.6 Å². The molecule has 0 atom stereocenters. The Morgan fingerprint density at radius 3 is 2.38 bits per heavy atom. The third kappa shape index (κ3) is 4.86. The maximum atomic E-state index is 11.7. The first kappa shape index (κ1) is 15.5. The third-order valence-corrected chi connectivity index (χ3v) is 4.76. The van der Waals surface area contributed by atoms with Crippen molar-refractivity contribution in [2.75, 3.05) is 11.5 Å². The molecule has 1 aromatic carbocycles. The first-order chi connectivity index (χ1) is 10.0. The number of carbonyl (C=O) groups excluding carboxylic acids is 1. The van der Waals surface area contributed by atoms with Crippen molar-refractivity contribution < 1.29 is 18.9 Å². The van der Waals surface area contributed by atoms with Gasteiger partial charge in [0.1, 0.15) is 0 Å². The van der Waals surface area contributed by atoms with Crippen molar-refractivity contribution in [3.63, 3.8) is 0 Å². The summed E-state index contributed by atoms with van der Waals surface area (Å²) in [4.78, 5) is 22.5. The van der Waals surface area contributed by atoms with Crippen molar-refractivity contribution in [2.24, 2.45) is 0 Å². The standard InChI is InChI=1S/C14H18N2O4S/c17-13(18)11-3-1-10(2-4-11)9-15-14(19)16-12-5-7-21(20)8-6-12/h1-4,12H,5-9H2,(H,17,18)(H2,15,16,19). The van der Waals surface area contributed by atoms with Crippen LogP contribution in [0.25, 0.3) is 0 Å². The predicted octanol–water partition coefficient (Wildman–Crippen LogP) is 1.10. The maximum Gasteiger partial charge on any atom is 0.335 e. The van der Waals surface area contributed by atoms with Crippen LogP contribution >= 0.6 is 0 Å². The van der Waals surface area contributed by atoms with Gasteiger partial charge in [0.25, 0.3) is 0 Å². The minimum atomic E-state index is -0.970. The number of urea groups is 1. The van der Waals surface area contributed by atoms with Gasteiger partial charge in [-0.15, -0.1) is 0 Å². The zero-order valence-electron chi connectivity index (χ0n) is 11.5. The lowest BCUT2D eigenvalue weighted by atomic mass is 10.1. The Hall–Kier alpha value is -1.89. The van der Waals surface area contributed by atoms with E-state index in [2.05, 4.69) is 10.6 Å². The molecule has 7 heteroatoms. The summed E-state index contributed by atoms with van der Waals surface area (Å²) in [6.07, 6.45) is 1.49. The van der Waals surface area contributed by atoms with Crippen LogP contribution in [-0.4, -0.2) is 38.9 Å². The second kappa shape index (κ2) is 7.21. The highest BCUT2D eigenvalue weighted by atomic mass is 32.2. The van der Waals surface area contributed by atoms with Crippen LogP contribution in [0.15, 0.2) is 24.3 Å². The van der Waals surface area contributed by atoms with E-state index in [0.29, 0.717) is 18.1 Å². The first-order valence-electron chi connectivity index (χ1n) is 6.76. The van der Waals surface area contributed by atoms with Gasteiger partial charge in [0.15, 0.2) is 0 Å². The number of aromatic carboxylic acids is 1. The molecule has 1 aliphatic heterocycles. The fourth-order valence-electron chi connectivity index (χ4n) is 2.12. The Balaban J connectivity index is 1.75. The quantitative estimate of drug-likeness (QED) is 0.776. The van der Waals surface area contributed by atoms with E-state index in [0.717, 1.165) is 18.4 Å². The van der Waals surface area contributed by atoms with Crippen LogP contribution in [0.1, 0.15) is 28.8 Å². The Bertz CT molecular complexity index is 534. The highest BCUT2D eigenvalue weighted by molar-refractivity contribution is 7.85. The van der Waals surface area contributed by atoms with E-state index in [1.165, 1.54) is 12.1 Å². The van der Waals surface area contributed by atoms with E-state index in [4.69, 9.17) is 5.11 Å². The molecule has 6 nitrogen and oxygen atoms in total. The smallest absolute Gasteiger partial charge is 0.335 e. The van der Waals surface area contributed by atoms with Gasteiger partial charge < -0.3 is 15.7 Å². The SMILES string of the molecule is O=C(NCc1ccc(C(=O)O)cc1)NC1CCS(=O)CC1. The summed E-state index contributed by atoms with van der Waals surface area (Å²) in [5, 5.41) is 14.4. The number of carboxylic acids is 1. The molecule has 1 heterocycles. The van der Waals surface area contributed by atoms with Crippen molar-refractivity contribution in [3.8, 4) is 0 Å². The molecule has 114 valence electrons. The lowest BCUT2D eigenvalue weighted by Gasteiger charge is -2.22. The van der Waals surface area contributed by atoms with E-state index in [1.54, 1.807) is 12.1 Å². The Morgan fingerprint density at radius 1 is 1.19 bits per heavy atom. The summed E-state index contributed by atoms with van der Waals surface area (Å²) >= 11 is 0. The second-order valence-corrected chi connectivity index (χ2v) is 6.65. The molecule has 0 radical (unpaired) electrons. The maximum absolute atomic E-state index is 11.7. The molecule has 0 aromatic heterocycles. The van der Waals surface area contributed by atoms with Gasteiger partial charge >= 0.3 is 12.0 Å². The lowest BCUT2D eigenvalue weighted by molar-refractivity contribution is 0.0697. The summed E-state index contributed by atoms with van der Waals surface area (Å²) in [6, 6.07) is 6.19. The molecule has 3 N–H and O–H groups in total. The molecule has 21 heavy (non-hydrogen) atoms. The number of rotatable bonds is 4. The van der Waals surface area contributed by atoms with Crippen molar-refractivity contribution in [1.82, 2.24) is 10.6 Å². The van der Waals surface area contributed by atoms with Gasteiger partial charge in [-0.25, -0.2) is 9.59 Å². The minimum Gasteiger partial charge on any atom is -0.478 e. The highest BCUT2D eigenvalue weighted by Crippen LogP contribution is 2.09. The highest BCUT2D eigenvalue weighted by Gasteiger charge is 2.19. The van der Waals surface area contributed by atoms with E-state index in [9.17, 15) is 13.8 Å². The summed E-state index contributed by atoms with van der Waals surface area (Å²) in [7, 11) is -0.735. The molecule has 2 rings (SSSR count). The third-order valence-electron chi connectivity index (χ3n) is 3.38. The normalized spacial score (nSPS) is 21.5. The van der Waals surface area contributed by atoms with Crippen molar-refractivity contribution in [1.29, 1.82) is 0 Å². The molecule has 1 fully saturated rings. The lowest BCUT2D eigenvalue weighted by Crippen LogP contribution is -2.44. The van der Waals surface area contributed by atoms with Crippen LogP contribution in [-0.2, 0) is 17.3 Å². The largest absolute Gasteiger partial charge is 0.478 e. The molecule has 0 spiro atoms. The number of carbonyl (C=O) groups is 2. The Morgan fingerprint density at radius 2 is 1.81 bits per heavy atom. The number of nitrogens with one attached hydrogen (secondary N) is 2. The van der Waals surface area contributed by atoms with Gasteiger partial charge in [0, 0.05) is 34.9 Å². The number of amides is 2. The zero-order chi connectivity index (χ0) is 15.2. The monoisotopic (exact) mass is 310 g/mol. The van der Waals surface area contributed by atoms with Gasteiger partial charge in [-0.05, 0) is 30.5 Å². The average Bonchev–Trinajstić information content (AvgIpc) is 2.48. The van der Waals surface area contributed by atoms with Crippen LogP contribution in [0, 0.1) is 0 Å². The minimum absolute atomic E-state index is 0.0806. The zero-order valence-corrected chi connectivity index (χ0v) is 12.3. The second-order valence-electron chi connectivity index (χ2n) is 4.95. The van der Waals surface area contributed by atoms with Crippen molar-refractivity contribution in [2.45, 2.75) is 25.4 Å². The molecule has 0 bridgehead atoms. The van der Waals surface area contributed by atoms with Crippen molar-refractivity contribution in [3.05, 3.63) is 35.4 Å². The van der Waals surface area contributed by atoms with Crippen molar-refractivity contribution >= 4 is 22.8 Å². The van der Waals surface area contributed by atoms with E-state index in [-0.39, 0.29) is 17.6 Å². The van der Waals surface area contributed by atoms with Gasteiger partial charge in [-0.1, -0.05) is 12.1 Å². The number of hydrogen-bond donors (Lipinski definition) is 3. The number of benzene rings is 1. The molecule has 0 saturated carbocycles. The Kier molecular flexibility index (Phi) is 5.32. The van der Waals surface area contributed by atoms with Crippen LogP contribution in [0.3, 0.4) is 0 Å². The molecule has 2 amide bonds. The summed E-state index contributed by atoms with van der Waals surface area (Å²) in [6.45, 7) is 0.338. The topological polar surface area (TPSA) is 95.5 Å². The molecular formula is C14H18N2O4S. The van der Waals surface area contributed by atoms with E-state index < -0.39 is 16.8 Å². The molecule has 1 aromatic rings. The van der Waals surface area contributed by atoms with Gasteiger partial charge in [-0.2, -0.15) is 0 Å². The average molecular weight is 310 g/mol. The fourth-order valence-corrected chi connectivity index (χ4v) is 3.42. The van der Waals surface area contributed by atoms with Crippen LogP contribution in [0.2, 0.25) is 0 Å². The van der Waals surface area contributed by atoms with Crippen LogP contribution in [0.5, 0.6) is 0 Å². The molecular weight excluding hydrogens is 292 g/mol. The number of carboxylic acid groups (broad SMARTS) is 1. The van der Waals surface area contributed by atoms with E-state index >= 15 is 0 Å². The van der Waals surface area contributed by atoms with Gasteiger partial charge in [0.05, 0.1) is 5.56 Å². The number of hydrogen-bond acceptors (Lipinski definition) is 3. The van der Waals surface area contributed by atoms with Crippen LogP contribution in [0.4, 0.5) is 4.79 Å². The predicted molar refractivity (Wildman–Crippen MR) is 79.7 cm³/mol. The molecule has 0 aliphatic carbocycles. The van der Waals surface area contributed by atoms with Gasteiger partial charge in [-0.3, -0.25) is 4.21 Å². The first-order valence-corrected chi connectivity index (χ1v) is 8.25. The summed E-state index contributed by atoms with van der Waals surface area (Å²) in [5.74, 6) is 0.311. The molecule has 1 saturated heterocycles. The summed E-state index contributed by atoms with van der Waals surface area (Å²) < 4.78 is 11.2. The van der Waals surface area contributed by atoms with E-state index in [1.807, 2.05) is 0 Å². The molecule has 1 aliphatic rings. The molecule has 0 unspecified atom stereocenters. The van der Waals surface area contributed by atoms with Gasteiger partial charge in [0.2, 0.25) is 0 Å². The fraction of sp³-hybridized carbons (Fsp3) is 0.429.